The SMILES string of the molecule is CC[C@@]1(O)C(=O)CCc2c1cc1n(c2=O)Cc2c-1nc1ccc(OC(=O)CCCCCCCC(=O)CO)c3c1c2[C@H](N)CC3. The number of aliphatic hydroxyl groups is 2. The first-order chi connectivity index (χ1) is 21.2. The van der Waals surface area contributed by atoms with Crippen LogP contribution in [-0.4, -0.2) is 43.9 Å². The maximum absolute atomic E-state index is 13.7. The maximum atomic E-state index is 13.7. The van der Waals surface area contributed by atoms with E-state index in [0.717, 1.165) is 47.8 Å². The van der Waals surface area contributed by atoms with Gasteiger partial charge in [0.2, 0.25) is 0 Å². The minimum atomic E-state index is -1.68. The lowest BCUT2D eigenvalue weighted by Crippen LogP contribution is -2.43. The van der Waals surface area contributed by atoms with Crippen LogP contribution in [0.5, 0.6) is 5.75 Å². The fourth-order valence-electron chi connectivity index (χ4n) is 7.21. The van der Waals surface area contributed by atoms with E-state index in [4.69, 9.17) is 20.6 Å². The van der Waals surface area contributed by atoms with Crippen molar-refractivity contribution in [3.05, 3.63) is 56.4 Å². The number of unbranched alkanes of at least 4 members (excludes halogenated alkanes) is 4. The Morgan fingerprint density at radius 1 is 1.05 bits per heavy atom. The summed E-state index contributed by atoms with van der Waals surface area (Å²) in [5, 5.41) is 21.0. The van der Waals surface area contributed by atoms with Gasteiger partial charge in [0.15, 0.2) is 11.6 Å². The predicted molar refractivity (Wildman–Crippen MR) is 163 cm³/mol. The monoisotopic (exact) mass is 601 g/mol. The van der Waals surface area contributed by atoms with Crippen LogP contribution in [0, 0.1) is 0 Å². The van der Waals surface area contributed by atoms with Crippen molar-refractivity contribution in [2.24, 2.45) is 5.73 Å². The van der Waals surface area contributed by atoms with Gasteiger partial charge < -0.3 is 25.3 Å². The highest BCUT2D eigenvalue weighted by Crippen LogP contribution is 2.46. The molecule has 2 aliphatic carbocycles. The van der Waals surface area contributed by atoms with Gasteiger partial charge in [0.25, 0.3) is 5.56 Å². The zero-order valence-electron chi connectivity index (χ0n) is 25.1. The number of carbonyl (C=O) groups is 3. The van der Waals surface area contributed by atoms with Gasteiger partial charge in [-0.3, -0.25) is 19.2 Å². The number of aliphatic hydroxyl groups excluding tert-OH is 1. The number of aryl methyl sites for hydroxylation is 1. The third-order valence-corrected chi connectivity index (χ3v) is 9.65. The molecule has 3 aliphatic rings. The van der Waals surface area contributed by atoms with Crippen molar-refractivity contribution in [1.29, 1.82) is 0 Å². The molecule has 44 heavy (non-hydrogen) atoms. The number of aromatic nitrogens is 2. The summed E-state index contributed by atoms with van der Waals surface area (Å²) in [5.41, 5.74) is 10.3. The fourth-order valence-corrected chi connectivity index (χ4v) is 7.21. The number of hydrogen-bond acceptors (Lipinski definition) is 9. The molecule has 0 fully saturated rings. The highest BCUT2D eigenvalue weighted by molar-refractivity contribution is 5.95. The smallest absolute Gasteiger partial charge is 0.311 e. The first-order valence-corrected chi connectivity index (χ1v) is 15.8. The molecule has 1 aromatic carbocycles. The van der Waals surface area contributed by atoms with Gasteiger partial charge in [-0.1, -0.05) is 26.2 Å². The van der Waals surface area contributed by atoms with Crippen molar-refractivity contribution < 1.29 is 29.3 Å². The van der Waals surface area contributed by atoms with Gasteiger partial charge in [0.1, 0.15) is 18.0 Å². The summed E-state index contributed by atoms with van der Waals surface area (Å²) in [6.45, 7) is 1.65. The molecule has 3 heterocycles. The van der Waals surface area contributed by atoms with E-state index in [0.29, 0.717) is 72.4 Å². The van der Waals surface area contributed by atoms with Crippen molar-refractivity contribution >= 4 is 28.4 Å². The van der Waals surface area contributed by atoms with Gasteiger partial charge in [-0.2, -0.15) is 0 Å². The molecule has 0 amide bonds. The zero-order chi connectivity index (χ0) is 31.2. The molecule has 0 radical (unpaired) electrons. The van der Waals surface area contributed by atoms with Crippen molar-refractivity contribution in [3.8, 4) is 17.1 Å². The number of pyridine rings is 2. The van der Waals surface area contributed by atoms with Gasteiger partial charge in [-0.05, 0) is 62.3 Å². The first kappa shape index (κ1) is 30.3. The van der Waals surface area contributed by atoms with Gasteiger partial charge in [0.05, 0.1) is 23.4 Å². The summed E-state index contributed by atoms with van der Waals surface area (Å²) in [6, 6.07) is 5.09. The lowest BCUT2D eigenvalue weighted by molar-refractivity contribution is -0.140. The Morgan fingerprint density at radius 2 is 1.80 bits per heavy atom. The van der Waals surface area contributed by atoms with E-state index in [2.05, 4.69) is 0 Å². The van der Waals surface area contributed by atoms with E-state index in [9.17, 15) is 24.3 Å². The summed E-state index contributed by atoms with van der Waals surface area (Å²) >= 11 is 0. The Labute approximate surface area is 255 Å². The van der Waals surface area contributed by atoms with E-state index in [1.54, 1.807) is 23.6 Å². The molecular weight excluding hydrogens is 562 g/mol. The number of carbonyl (C=O) groups excluding carboxylic acids is 3. The number of nitrogens with two attached hydrogens (primary N) is 1. The second-order valence-electron chi connectivity index (χ2n) is 12.3. The van der Waals surface area contributed by atoms with Crippen LogP contribution in [0.25, 0.3) is 22.3 Å². The largest absolute Gasteiger partial charge is 0.426 e. The minimum Gasteiger partial charge on any atom is -0.426 e. The molecule has 6 rings (SSSR count). The van der Waals surface area contributed by atoms with E-state index >= 15 is 0 Å². The van der Waals surface area contributed by atoms with Crippen LogP contribution < -0.4 is 16.0 Å². The fraction of sp³-hybridized carbons (Fsp3) is 0.500. The number of ketones is 2. The molecule has 10 nitrogen and oxygen atoms in total. The van der Waals surface area contributed by atoms with Crippen molar-refractivity contribution in [2.45, 2.75) is 102 Å². The summed E-state index contributed by atoms with van der Waals surface area (Å²) in [5.74, 6) is -0.201. The van der Waals surface area contributed by atoms with Crippen LogP contribution in [0.15, 0.2) is 23.0 Å². The quantitative estimate of drug-likeness (QED) is 0.132. The number of hydrogen-bond donors (Lipinski definition) is 3. The Hall–Kier alpha value is -3.73. The summed E-state index contributed by atoms with van der Waals surface area (Å²) in [6.07, 6.45) is 6.67. The molecule has 2 atom stereocenters. The van der Waals surface area contributed by atoms with Gasteiger partial charge in [-0.15, -0.1) is 0 Å². The van der Waals surface area contributed by atoms with E-state index in [1.807, 2.05) is 6.07 Å². The summed E-state index contributed by atoms with van der Waals surface area (Å²) in [4.78, 5) is 55.4. The Bertz CT molecular complexity index is 1740. The van der Waals surface area contributed by atoms with Gasteiger partial charge in [0, 0.05) is 52.9 Å². The van der Waals surface area contributed by atoms with Crippen LogP contribution in [0.4, 0.5) is 0 Å². The molecule has 0 saturated heterocycles. The van der Waals surface area contributed by atoms with Gasteiger partial charge >= 0.3 is 5.97 Å². The van der Waals surface area contributed by atoms with E-state index in [1.165, 1.54) is 0 Å². The number of esters is 1. The lowest BCUT2D eigenvalue weighted by atomic mass is 9.77. The normalized spacial score (nSPS) is 19.9. The number of rotatable bonds is 11. The van der Waals surface area contributed by atoms with Gasteiger partial charge in [-0.25, -0.2) is 4.98 Å². The minimum absolute atomic E-state index is 0.135. The predicted octanol–water partition coefficient (Wildman–Crippen LogP) is 3.68. The summed E-state index contributed by atoms with van der Waals surface area (Å²) < 4.78 is 7.55. The third kappa shape index (κ3) is 5.08. The third-order valence-electron chi connectivity index (χ3n) is 9.65. The van der Waals surface area contributed by atoms with Crippen molar-refractivity contribution in [1.82, 2.24) is 9.55 Å². The molecular formula is C34H39N3O7. The van der Waals surface area contributed by atoms with Crippen molar-refractivity contribution in [3.63, 3.8) is 0 Å². The molecule has 3 aromatic rings. The van der Waals surface area contributed by atoms with E-state index < -0.39 is 12.2 Å². The molecule has 0 unspecified atom stereocenters. The number of fused-ring (bicyclic) bond motifs is 5. The Kier molecular flexibility index (Phi) is 8.26. The second kappa shape index (κ2) is 12.0. The molecule has 1 aliphatic heterocycles. The number of Topliss-reactive ketones (excluding diaryl/α,β-unsaturated/α-hetero) is 2. The molecule has 0 saturated carbocycles. The average molecular weight is 602 g/mol. The average Bonchev–Trinajstić information content (AvgIpc) is 3.39. The Balaban J connectivity index is 1.27. The standard InChI is InChI=1S/C34H39N3O7/c1-2-34(43)23-16-26-32-22(17-37(26)33(42)20(23)11-15-28(34)40)30-24(35)12-10-21-27(14-13-25(36-32)31(21)30)44-29(41)9-7-5-3-4-6-8-19(39)18-38/h13-14,16,24,38,43H,2-12,15,17-18,35H2,1H3/t24-,34+/m1/s1. The zero-order valence-corrected chi connectivity index (χ0v) is 25.1. The van der Waals surface area contributed by atoms with Crippen LogP contribution in [0.2, 0.25) is 0 Å². The molecule has 0 bridgehead atoms. The Morgan fingerprint density at radius 3 is 2.55 bits per heavy atom. The number of ether oxygens (including phenoxy) is 1. The maximum Gasteiger partial charge on any atom is 0.311 e. The highest BCUT2D eigenvalue weighted by atomic mass is 16.5. The second-order valence-corrected chi connectivity index (χ2v) is 12.3. The first-order valence-electron chi connectivity index (χ1n) is 15.8. The molecule has 2 aromatic heterocycles. The number of benzene rings is 1. The van der Waals surface area contributed by atoms with Crippen LogP contribution in [-0.2, 0) is 39.4 Å². The summed E-state index contributed by atoms with van der Waals surface area (Å²) in [7, 11) is 0. The lowest BCUT2D eigenvalue weighted by Gasteiger charge is -2.32. The van der Waals surface area contributed by atoms with Crippen LogP contribution in [0.1, 0.15) is 105 Å². The molecule has 10 heteroatoms. The molecule has 232 valence electrons. The number of nitrogens with zero attached hydrogens (tertiary/aromatic N) is 2. The topological polar surface area (TPSA) is 162 Å². The van der Waals surface area contributed by atoms with E-state index in [-0.39, 0.29) is 48.4 Å². The molecule has 4 N–H and O–H groups in total. The molecule has 0 spiro atoms. The van der Waals surface area contributed by atoms with Crippen LogP contribution in [0.3, 0.4) is 0 Å². The van der Waals surface area contributed by atoms with Crippen molar-refractivity contribution in [2.75, 3.05) is 6.61 Å². The van der Waals surface area contributed by atoms with Crippen LogP contribution >= 0.6 is 0 Å². The highest BCUT2D eigenvalue weighted by Gasteiger charge is 2.43.